The number of carbonyl (C=O) groups is 1. The van der Waals surface area contributed by atoms with Gasteiger partial charge in [-0.05, 0) is 17.7 Å². The van der Waals surface area contributed by atoms with Gasteiger partial charge in [0, 0.05) is 6.07 Å². The topological polar surface area (TPSA) is 67.9 Å². The molecule has 3 rings (SSSR count). The van der Waals surface area contributed by atoms with Crippen LogP contribution >= 0.6 is 11.3 Å². The molecule has 0 aliphatic heterocycles. The molecule has 0 bridgehead atoms. The number of thiazole rings is 1. The molecule has 5 nitrogen and oxygen atoms in total. The van der Waals surface area contributed by atoms with Gasteiger partial charge in [-0.3, -0.25) is 0 Å². The smallest absolute Gasteiger partial charge is 0.403 e. The lowest BCUT2D eigenvalue weighted by Gasteiger charge is -2.08. The normalized spacial score (nSPS) is 11.4. The van der Waals surface area contributed by atoms with Crippen LogP contribution in [0.15, 0.2) is 42.0 Å². The van der Waals surface area contributed by atoms with Crippen molar-refractivity contribution in [1.82, 2.24) is 15.2 Å². The fourth-order valence-electron chi connectivity index (χ4n) is 1.88. The second kappa shape index (κ2) is 5.84. The third-order valence-corrected chi connectivity index (χ3v) is 3.77. The fourth-order valence-corrected chi connectivity index (χ4v) is 2.66. The predicted octanol–water partition coefficient (Wildman–Crippen LogP) is 3.77. The van der Waals surface area contributed by atoms with Crippen LogP contribution in [0.2, 0.25) is 0 Å². The zero-order valence-corrected chi connectivity index (χ0v) is 12.1. The maximum atomic E-state index is 12.8. The van der Waals surface area contributed by atoms with E-state index in [1.807, 2.05) is 0 Å². The van der Waals surface area contributed by atoms with Crippen molar-refractivity contribution in [2.24, 2.45) is 0 Å². The van der Waals surface area contributed by atoms with E-state index in [1.54, 1.807) is 0 Å². The summed E-state index contributed by atoms with van der Waals surface area (Å²) in [6, 6.07) is 6.14. The Kier molecular flexibility index (Phi) is 3.87. The van der Waals surface area contributed by atoms with Crippen molar-refractivity contribution in [1.29, 1.82) is 0 Å². The van der Waals surface area contributed by atoms with Crippen molar-refractivity contribution in [3.63, 3.8) is 0 Å². The van der Waals surface area contributed by atoms with E-state index in [0.29, 0.717) is 4.88 Å². The van der Waals surface area contributed by atoms with Crippen LogP contribution in [0.3, 0.4) is 0 Å². The summed E-state index contributed by atoms with van der Waals surface area (Å²) in [6.45, 7) is 0. The molecule has 2 aromatic heterocycles. The van der Waals surface area contributed by atoms with E-state index in [0.717, 1.165) is 23.5 Å². The highest BCUT2D eigenvalue weighted by molar-refractivity contribution is 7.13. The van der Waals surface area contributed by atoms with Crippen molar-refractivity contribution < 1.29 is 22.7 Å². The monoisotopic (exact) mass is 339 g/mol. The van der Waals surface area contributed by atoms with Crippen LogP contribution in [-0.4, -0.2) is 21.2 Å². The Balaban J connectivity index is 1.93. The van der Waals surface area contributed by atoms with Crippen molar-refractivity contribution >= 4 is 17.3 Å². The second-order valence-electron chi connectivity index (χ2n) is 4.42. The number of rotatable bonds is 3. The Labute approximate surface area is 131 Å². The molecule has 2 heterocycles. The number of aromatic amines is 1. The van der Waals surface area contributed by atoms with Gasteiger partial charge in [0.1, 0.15) is 0 Å². The minimum Gasteiger partial charge on any atom is -0.403 e. The Hall–Kier alpha value is -2.68. The van der Waals surface area contributed by atoms with Gasteiger partial charge in [-0.15, -0.1) is 11.3 Å². The lowest BCUT2D eigenvalue weighted by Crippen LogP contribution is -2.10. The molecule has 0 unspecified atom stereocenters. The van der Waals surface area contributed by atoms with Crippen LogP contribution in [0.25, 0.3) is 10.4 Å². The summed E-state index contributed by atoms with van der Waals surface area (Å²) in [5.74, 6) is -0.652. The number of hydrogen-bond acceptors (Lipinski definition) is 5. The first kappa shape index (κ1) is 15.2. The second-order valence-corrected chi connectivity index (χ2v) is 5.27. The van der Waals surface area contributed by atoms with E-state index in [4.69, 9.17) is 4.74 Å². The van der Waals surface area contributed by atoms with Gasteiger partial charge in [0.05, 0.1) is 22.1 Å². The van der Waals surface area contributed by atoms with Crippen LogP contribution in [0, 0.1) is 0 Å². The number of nitrogens with zero attached hydrogens (tertiary/aromatic N) is 2. The van der Waals surface area contributed by atoms with Gasteiger partial charge in [-0.25, -0.2) is 14.9 Å². The highest BCUT2D eigenvalue weighted by Crippen LogP contribution is 2.34. The lowest BCUT2D eigenvalue weighted by molar-refractivity contribution is -0.137. The van der Waals surface area contributed by atoms with Gasteiger partial charge in [-0.1, -0.05) is 12.1 Å². The minimum atomic E-state index is -4.46. The highest BCUT2D eigenvalue weighted by Gasteiger charge is 2.31. The Morgan fingerprint density at radius 2 is 2.09 bits per heavy atom. The van der Waals surface area contributed by atoms with Crippen LogP contribution in [0.1, 0.15) is 16.1 Å². The average Bonchev–Trinajstić information content (AvgIpc) is 3.17. The quantitative estimate of drug-likeness (QED) is 0.738. The molecule has 0 aliphatic rings. The highest BCUT2D eigenvalue weighted by atomic mass is 32.1. The van der Waals surface area contributed by atoms with Gasteiger partial charge >= 0.3 is 12.1 Å². The standard InChI is InChI=1S/C14H8F3N3O2S/c15-14(16,17)9-3-1-2-8(6-9)12-11(18-7-23-12)13(21)22-10-4-5-19-20-10/h1-7H,(H,19,20). The molecular formula is C14H8F3N3O2S. The molecule has 118 valence electrons. The number of halogens is 3. The van der Waals surface area contributed by atoms with Gasteiger partial charge in [0.15, 0.2) is 5.69 Å². The van der Waals surface area contributed by atoms with Crippen LogP contribution in [-0.2, 0) is 6.18 Å². The third kappa shape index (κ3) is 3.24. The first-order chi connectivity index (χ1) is 10.9. The molecular weight excluding hydrogens is 331 g/mol. The SMILES string of the molecule is O=C(Oc1ccn[nH]1)c1ncsc1-c1cccc(C(F)(F)F)c1. The van der Waals surface area contributed by atoms with Crippen LogP contribution in [0.5, 0.6) is 5.88 Å². The number of nitrogens with one attached hydrogen (secondary N) is 1. The summed E-state index contributed by atoms with van der Waals surface area (Å²) in [6.07, 6.45) is -3.06. The van der Waals surface area contributed by atoms with E-state index in [9.17, 15) is 18.0 Å². The summed E-state index contributed by atoms with van der Waals surface area (Å²) in [7, 11) is 0. The summed E-state index contributed by atoms with van der Waals surface area (Å²) in [5, 5.41) is 6.08. The fraction of sp³-hybridized carbons (Fsp3) is 0.0714. The summed E-state index contributed by atoms with van der Waals surface area (Å²) in [5.41, 5.74) is 0.776. The summed E-state index contributed by atoms with van der Waals surface area (Å²) >= 11 is 1.06. The first-order valence-corrected chi connectivity index (χ1v) is 7.16. The molecule has 0 amide bonds. The largest absolute Gasteiger partial charge is 0.416 e. The number of alkyl halides is 3. The van der Waals surface area contributed by atoms with Gasteiger partial charge in [0.2, 0.25) is 5.88 Å². The van der Waals surface area contributed by atoms with Gasteiger partial charge in [0.25, 0.3) is 0 Å². The van der Waals surface area contributed by atoms with Crippen molar-refractivity contribution in [3.8, 4) is 16.3 Å². The predicted molar refractivity (Wildman–Crippen MR) is 76.1 cm³/mol. The van der Waals surface area contributed by atoms with Gasteiger partial charge in [-0.2, -0.15) is 18.3 Å². The number of hydrogen-bond donors (Lipinski definition) is 1. The molecule has 0 atom stereocenters. The van der Waals surface area contributed by atoms with E-state index in [-0.39, 0.29) is 17.1 Å². The maximum absolute atomic E-state index is 12.8. The van der Waals surface area contributed by atoms with E-state index < -0.39 is 17.7 Å². The minimum absolute atomic E-state index is 0.0519. The molecule has 3 aromatic rings. The number of carbonyl (C=O) groups excluding carboxylic acids is 1. The number of H-pyrrole nitrogens is 1. The number of aromatic nitrogens is 3. The van der Waals surface area contributed by atoms with E-state index in [1.165, 1.54) is 29.9 Å². The summed E-state index contributed by atoms with van der Waals surface area (Å²) in [4.78, 5) is 16.3. The lowest BCUT2D eigenvalue weighted by atomic mass is 10.1. The Morgan fingerprint density at radius 1 is 1.26 bits per heavy atom. The van der Waals surface area contributed by atoms with E-state index in [2.05, 4.69) is 15.2 Å². The average molecular weight is 339 g/mol. The zero-order valence-electron chi connectivity index (χ0n) is 11.3. The molecule has 0 aliphatic carbocycles. The molecule has 0 spiro atoms. The zero-order chi connectivity index (χ0) is 16.4. The molecule has 0 fully saturated rings. The van der Waals surface area contributed by atoms with Crippen LogP contribution in [0.4, 0.5) is 13.2 Å². The van der Waals surface area contributed by atoms with E-state index >= 15 is 0 Å². The number of benzene rings is 1. The Morgan fingerprint density at radius 3 is 2.78 bits per heavy atom. The van der Waals surface area contributed by atoms with Crippen molar-refractivity contribution in [3.05, 3.63) is 53.3 Å². The molecule has 1 aromatic carbocycles. The first-order valence-electron chi connectivity index (χ1n) is 6.28. The van der Waals surface area contributed by atoms with Gasteiger partial charge < -0.3 is 4.74 Å². The Bertz CT molecular complexity index is 828. The van der Waals surface area contributed by atoms with Crippen molar-refractivity contribution in [2.75, 3.05) is 0 Å². The van der Waals surface area contributed by atoms with Crippen molar-refractivity contribution in [2.45, 2.75) is 6.18 Å². The number of esters is 1. The third-order valence-electron chi connectivity index (χ3n) is 2.89. The summed E-state index contributed by atoms with van der Waals surface area (Å²) < 4.78 is 43.4. The molecule has 9 heteroatoms. The maximum Gasteiger partial charge on any atom is 0.416 e. The van der Waals surface area contributed by atoms with Crippen LogP contribution < -0.4 is 4.74 Å². The molecule has 1 N–H and O–H groups in total. The molecule has 0 radical (unpaired) electrons. The molecule has 23 heavy (non-hydrogen) atoms. The number of ether oxygens (including phenoxy) is 1. The molecule has 0 saturated heterocycles. The molecule has 0 saturated carbocycles.